The van der Waals surface area contributed by atoms with Gasteiger partial charge < -0.3 is 4.43 Å². The second-order valence-corrected chi connectivity index (χ2v) is 23.7. The van der Waals surface area contributed by atoms with Gasteiger partial charge in [0.2, 0.25) is 0 Å². The van der Waals surface area contributed by atoms with Crippen molar-refractivity contribution in [3.63, 3.8) is 0 Å². The van der Waals surface area contributed by atoms with Crippen LogP contribution in [0.15, 0.2) is 24.3 Å². The third-order valence-corrected chi connectivity index (χ3v) is 20.4. The highest BCUT2D eigenvalue weighted by atomic mass is 31.1. The van der Waals surface area contributed by atoms with Gasteiger partial charge >= 0.3 is 0 Å². The fourth-order valence-corrected chi connectivity index (χ4v) is 17.2. The summed E-state index contributed by atoms with van der Waals surface area (Å²) in [4.78, 5) is 0. The van der Waals surface area contributed by atoms with Crippen LogP contribution in [0, 0.1) is 35.5 Å². The smallest absolute Gasteiger partial charge is 0.250 e. The molecule has 1 aromatic carbocycles. The first-order chi connectivity index (χ1) is 16.5. The lowest BCUT2D eigenvalue weighted by molar-refractivity contribution is 0.0195. The molecule has 8 aliphatic rings. The summed E-state index contributed by atoms with van der Waals surface area (Å²) in [6, 6.07) is 9.64. The summed E-state index contributed by atoms with van der Waals surface area (Å²) in [5, 5.41) is 3.19. The molecule has 8 fully saturated rings. The van der Waals surface area contributed by atoms with Crippen LogP contribution in [0.5, 0.6) is 5.75 Å². The standard InChI is InChI=1S/C32H49OPSi/c1-30(2,3)35(4,5)33-28-8-6-7-9-29(28)34(31-16-22-10-23(17-31)12-24(11-22)18-31)32-19-25-13-26(20-32)15-27(14-25)21-32/h6-9,22-27H,10-21H2,1-5H3. The van der Waals surface area contributed by atoms with Gasteiger partial charge in [-0.05, 0) is 147 Å². The molecule has 0 amide bonds. The zero-order valence-corrected chi connectivity index (χ0v) is 25.0. The molecule has 0 aromatic heterocycles. The van der Waals surface area contributed by atoms with Crippen molar-refractivity contribution in [1.82, 2.24) is 0 Å². The van der Waals surface area contributed by atoms with Gasteiger partial charge in [0, 0.05) is 5.30 Å². The van der Waals surface area contributed by atoms with E-state index in [-0.39, 0.29) is 13.0 Å². The highest BCUT2D eigenvalue weighted by Crippen LogP contribution is 2.78. The topological polar surface area (TPSA) is 9.23 Å². The van der Waals surface area contributed by atoms with Crippen molar-refractivity contribution in [2.45, 2.75) is 126 Å². The first-order valence-electron chi connectivity index (χ1n) is 15.1. The lowest BCUT2D eigenvalue weighted by atomic mass is 9.55. The van der Waals surface area contributed by atoms with Gasteiger partial charge in [-0.1, -0.05) is 46.9 Å². The van der Waals surface area contributed by atoms with Crippen molar-refractivity contribution < 1.29 is 4.43 Å². The molecule has 8 bridgehead atoms. The van der Waals surface area contributed by atoms with Crippen LogP contribution in [0.1, 0.15) is 97.8 Å². The molecule has 0 atom stereocenters. The van der Waals surface area contributed by atoms with Gasteiger partial charge in [-0.15, -0.1) is 0 Å². The molecule has 0 radical (unpaired) electrons. The van der Waals surface area contributed by atoms with E-state index in [4.69, 9.17) is 4.43 Å². The molecule has 1 nitrogen and oxygen atoms in total. The predicted molar refractivity (Wildman–Crippen MR) is 153 cm³/mol. The van der Waals surface area contributed by atoms with E-state index in [2.05, 4.69) is 58.1 Å². The van der Waals surface area contributed by atoms with Crippen LogP contribution in [0.2, 0.25) is 18.1 Å². The Bertz CT molecular complexity index is 875. The Morgan fingerprint density at radius 2 is 1.06 bits per heavy atom. The molecule has 1 aromatic rings. The molecule has 0 N–H and O–H groups in total. The van der Waals surface area contributed by atoms with Crippen molar-refractivity contribution in [3.05, 3.63) is 24.3 Å². The number of para-hydroxylation sites is 1. The quantitative estimate of drug-likeness (QED) is 0.285. The fraction of sp³-hybridized carbons (Fsp3) is 0.812. The van der Waals surface area contributed by atoms with E-state index >= 15 is 0 Å². The summed E-state index contributed by atoms with van der Waals surface area (Å²) in [5.41, 5.74) is 0. The van der Waals surface area contributed by atoms with Crippen molar-refractivity contribution >= 4 is 21.5 Å². The minimum absolute atomic E-state index is 0.216. The van der Waals surface area contributed by atoms with Crippen LogP contribution in [0.3, 0.4) is 0 Å². The summed E-state index contributed by atoms with van der Waals surface area (Å²) in [7, 11) is -2.11. The van der Waals surface area contributed by atoms with E-state index in [9.17, 15) is 0 Å². The van der Waals surface area contributed by atoms with Crippen LogP contribution in [0.4, 0.5) is 0 Å². The van der Waals surface area contributed by atoms with E-state index < -0.39 is 8.32 Å². The largest absolute Gasteiger partial charge is 0.543 e. The molecule has 0 unspecified atom stereocenters. The van der Waals surface area contributed by atoms with Crippen LogP contribution in [-0.2, 0) is 0 Å². The Labute approximate surface area is 217 Å². The summed E-state index contributed by atoms with van der Waals surface area (Å²) in [5.74, 6) is 7.53. The van der Waals surface area contributed by atoms with Gasteiger partial charge in [0.15, 0.2) is 0 Å². The average Bonchev–Trinajstić information content (AvgIpc) is 2.72. The molecule has 0 saturated heterocycles. The van der Waals surface area contributed by atoms with Crippen molar-refractivity contribution in [2.75, 3.05) is 0 Å². The monoisotopic (exact) mass is 508 g/mol. The predicted octanol–water partition coefficient (Wildman–Crippen LogP) is 9.12. The minimum Gasteiger partial charge on any atom is -0.543 e. The number of hydrogen-bond acceptors (Lipinski definition) is 1. The maximum absolute atomic E-state index is 7.26. The van der Waals surface area contributed by atoms with E-state index in [0.29, 0.717) is 10.3 Å². The molecular weight excluding hydrogens is 459 g/mol. The zero-order chi connectivity index (χ0) is 24.2. The van der Waals surface area contributed by atoms with Crippen LogP contribution < -0.4 is 9.73 Å². The van der Waals surface area contributed by atoms with Gasteiger partial charge in [-0.3, -0.25) is 0 Å². The van der Waals surface area contributed by atoms with Crippen LogP contribution >= 0.6 is 7.92 Å². The SMILES string of the molecule is CC(C)(C)[Si](C)(C)Oc1ccccc1P(C12CC3CC(CC(C3)C1)C2)C12CC3CC(CC(C3)C1)C2. The molecular formula is C32H49OPSi. The number of hydrogen-bond donors (Lipinski definition) is 0. The Morgan fingerprint density at radius 3 is 1.43 bits per heavy atom. The third-order valence-electron chi connectivity index (χ3n) is 12.2. The second-order valence-electron chi connectivity index (χ2n) is 15.9. The molecule has 0 heterocycles. The first-order valence-corrected chi connectivity index (χ1v) is 19.4. The van der Waals surface area contributed by atoms with Crippen LogP contribution in [0.25, 0.3) is 0 Å². The molecule has 0 aliphatic heterocycles. The molecule has 3 heteroatoms. The molecule has 0 spiro atoms. The number of rotatable bonds is 5. The second kappa shape index (κ2) is 7.85. The maximum Gasteiger partial charge on any atom is 0.250 e. The first kappa shape index (κ1) is 23.8. The van der Waals surface area contributed by atoms with Crippen molar-refractivity contribution in [3.8, 4) is 5.75 Å². The lowest BCUT2D eigenvalue weighted by Crippen LogP contribution is -2.58. The fourth-order valence-electron chi connectivity index (χ4n) is 10.8. The Morgan fingerprint density at radius 1 is 0.686 bits per heavy atom. The van der Waals surface area contributed by atoms with E-state index in [1.165, 1.54) is 5.75 Å². The van der Waals surface area contributed by atoms with Gasteiger partial charge in [-0.2, -0.15) is 0 Å². The van der Waals surface area contributed by atoms with E-state index in [0.717, 1.165) is 35.5 Å². The summed E-state index contributed by atoms with van der Waals surface area (Å²) in [6.07, 6.45) is 18.7. The van der Waals surface area contributed by atoms with Crippen LogP contribution in [-0.4, -0.2) is 18.6 Å². The number of benzene rings is 1. The zero-order valence-electron chi connectivity index (χ0n) is 23.1. The molecule has 35 heavy (non-hydrogen) atoms. The Hall–Kier alpha value is -0.333. The normalized spacial score (nSPS) is 44.6. The Balaban J connectivity index is 1.36. The van der Waals surface area contributed by atoms with Gasteiger partial charge in [0.05, 0.1) is 0 Å². The minimum atomic E-state index is -1.89. The third kappa shape index (κ3) is 3.77. The van der Waals surface area contributed by atoms with E-state index in [1.807, 2.05) is 0 Å². The van der Waals surface area contributed by atoms with Crippen molar-refractivity contribution in [2.24, 2.45) is 35.5 Å². The molecule has 9 rings (SSSR count). The highest BCUT2D eigenvalue weighted by Gasteiger charge is 2.63. The van der Waals surface area contributed by atoms with Crippen molar-refractivity contribution in [1.29, 1.82) is 0 Å². The molecule has 8 aliphatic carbocycles. The summed E-state index contributed by atoms with van der Waals surface area (Å²) in [6.45, 7) is 12.1. The summed E-state index contributed by atoms with van der Waals surface area (Å²) >= 11 is 0. The molecule has 8 saturated carbocycles. The van der Waals surface area contributed by atoms with Gasteiger partial charge in [0.1, 0.15) is 5.75 Å². The summed E-state index contributed by atoms with van der Waals surface area (Å²) < 4.78 is 7.26. The highest BCUT2D eigenvalue weighted by molar-refractivity contribution is 7.69. The van der Waals surface area contributed by atoms with Gasteiger partial charge in [-0.25, -0.2) is 0 Å². The van der Waals surface area contributed by atoms with E-state index in [1.54, 1.807) is 82.4 Å². The van der Waals surface area contributed by atoms with Gasteiger partial charge in [0.25, 0.3) is 8.32 Å². The lowest BCUT2D eigenvalue weighted by Gasteiger charge is -2.67. The Kier molecular flexibility index (Phi) is 5.33. The maximum atomic E-state index is 7.26. The molecule has 192 valence electrons. The average molecular weight is 509 g/mol.